The van der Waals surface area contributed by atoms with Crippen LogP contribution in [0.15, 0.2) is 31.9 Å². The van der Waals surface area contributed by atoms with Crippen molar-refractivity contribution in [1.82, 2.24) is 5.32 Å². The molecule has 21 heavy (non-hydrogen) atoms. The number of halogens is 2. The molecule has 0 atom stereocenters. The summed E-state index contributed by atoms with van der Waals surface area (Å²) in [4.78, 5) is 0. The summed E-state index contributed by atoms with van der Waals surface area (Å²) in [7, 11) is -1.47. The van der Waals surface area contributed by atoms with Crippen molar-refractivity contribution < 1.29 is 54.6 Å². The van der Waals surface area contributed by atoms with E-state index >= 15 is 0 Å². The van der Waals surface area contributed by atoms with E-state index in [1.807, 2.05) is 0 Å². The first-order chi connectivity index (χ1) is 8.58. The summed E-state index contributed by atoms with van der Waals surface area (Å²) in [6.45, 7) is 13.8. The number of hydrogen-bond acceptors (Lipinski definition) is 2. The molecule has 0 aliphatic heterocycles. The van der Waals surface area contributed by atoms with E-state index in [2.05, 4.69) is 58.3 Å². The smallest absolute Gasteiger partial charge is 1.00 e. The fraction of sp³-hybridized carbons (Fsp3) is 0.600. The van der Waals surface area contributed by atoms with Gasteiger partial charge in [0, 0.05) is 0 Å². The van der Waals surface area contributed by atoms with Gasteiger partial charge in [-0.05, 0) is 0 Å². The number of aliphatic hydroxyl groups excluding tert-OH is 1. The van der Waals surface area contributed by atoms with Crippen molar-refractivity contribution in [1.29, 1.82) is 0 Å². The van der Waals surface area contributed by atoms with Crippen LogP contribution < -0.4 is 30.1 Å². The minimum absolute atomic E-state index is 0. The zero-order valence-corrected chi connectivity index (χ0v) is 18.7. The van der Waals surface area contributed by atoms with Crippen molar-refractivity contribution in [2.24, 2.45) is 0 Å². The van der Waals surface area contributed by atoms with E-state index in [0.717, 1.165) is 6.04 Å². The molecule has 6 heteroatoms. The second-order valence-corrected chi connectivity index (χ2v) is 13.1. The van der Waals surface area contributed by atoms with Crippen LogP contribution in [0.3, 0.4) is 0 Å². The molecule has 0 heterocycles. The van der Waals surface area contributed by atoms with Gasteiger partial charge in [0.05, 0.1) is 0 Å². The number of hydrogen-bond donors (Lipinski definition) is 2. The molecule has 0 aromatic heterocycles. The summed E-state index contributed by atoms with van der Waals surface area (Å²) in [5.74, 6) is 0. The van der Waals surface area contributed by atoms with E-state index in [1.54, 1.807) is 0 Å². The Morgan fingerprint density at radius 1 is 1.24 bits per heavy atom. The van der Waals surface area contributed by atoms with Crippen LogP contribution >= 0.6 is 0 Å². The van der Waals surface area contributed by atoms with Crippen LogP contribution in [-0.4, -0.2) is 25.3 Å². The number of rotatable bonds is 4. The maximum atomic E-state index is 9.24. The SMILES string of the molecule is CC(=C1C=CC(NC(C)(C)C)=[C]1[Zr+2])[Si](C)(C)CCO.[Cl-].[Cl-]. The van der Waals surface area contributed by atoms with Gasteiger partial charge < -0.3 is 24.8 Å². The first kappa shape index (κ1) is 23.9. The Morgan fingerprint density at radius 2 is 1.76 bits per heavy atom. The van der Waals surface area contributed by atoms with E-state index in [0.29, 0.717) is 6.61 Å². The van der Waals surface area contributed by atoms with Crippen LogP contribution in [0.1, 0.15) is 27.7 Å². The third-order valence-electron chi connectivity index (χ3n) is 3.62. The molecule has 0 unspecified atom stereocenters. The minimum atomic E-state index is -1.47. The molecule has 1 aliphatic carbocycles. The fourth-order valence-corrected chi connectivity index (χ4v) is 5.33. The van der Waals surface area contributed by atoms with Crippen LogP contribution in [0.25, 0.3) is 0 Å². The minimum Gasteiger partial charge on any atom is -1.00 e. The molecular weight excluding hydrogens is 400 g/mol. The Bertz CT molecular complexity index is 451. The maximum absolute atomic E-state index is 9.24. The van der Waals surface area contributed by atoms with Gasteiger partial charge in [0.2, 0.25) is 0 Å². The summed E-state index contributed by atoms with van der Waals surface area (Å²) in [5, 5.41) is 14.3. The quantitative estimate of drug-likeness (QED) is 0.479. The van der Waals surface area contributed by atoms with Crippen LogP contribution in [0.4, 0.5) is 0 Å². The zero-order valence-electron chi connectivity index (χ0n) is 13.8. The summed E-state index contributed by atoms with van der Waals surface area (Å²) in [5.41, 5.74) is 2.78. The van der Waals surface area contributed by atoms with Crippen molar-refractivity contribution in [3.8, 4) is 0 Å². The van der Waals surface area contributed by atoms with Crippen molar-refractivity contribution in [2.45, 2.75) is 52.4 Å². The second-order valence-electron chi connectivity index (χ2n) is 6.89. The summed E-state index contributed by atoms with van der Waals surface area (Å²) >= 11 is 1.45. The van der Waals surface area contributed by atoms with Gasteiger partial charge in [-0.3, -0.25) is 0 Å². The second kappa shape index (κ2) is 9.08. The molecule has 0 saturated carbocycles. The molecule has 0 spiro atoms. The van der Waals surface area contributed by atoms with Gasteiger partial charge in [0.25, 0.3) is 0 Å². The van der Waals surface area contributed by atoms with Crippen LogP contribution in [0.5, 0.6) is 0 Å². The van der Waals surface area contributed by atoms with Crippen LogP contribution in [-0.2, 0) is 24.7 Å². The van der Waals surface area contributed by atoms with Gasteiger partial charge in [-0.2, -0.15) is 0 Å². The molecular formula is C15H26Cl2NOSiZr. The van der Waals surface area contributed by atoms with E-state index in [1.165, 1.54) is 44.5 Å². The number of nitrogens with one attached hydrogen (secondary N) is 1. The molecule has 0 bridgehead atoms. The molecule has 0 fully saturated rings. The third-order valence-corrected chi connectivity index (χ3v) is 8.72. The molecule has 0 aromatic rings. The van der Waals surface area contributed by atoms with Gasteiger partial charge in [-0.15, -0.1) is 0 Å². The van der Waals surface area contributed by atoms with Gasteiger partial charge in [0.1, 0.15) is 0 Å². The van der Waals surface area contributed by atoms with E-state index in [4.69, 9.17) is 0 Å². The fourth-order valence-electron chi connectivity index (χ4n) is 2.13. The Morgan fingerprint density at radius 3 is 2.19 bits per heavy atom. The van der Waals surface area contributed by atoms with Crippen LogP contribution in [0.2, 0.25) is 19.1 Å². The van der Waals surface area contributed by atoms with Crippen molar-refractivity contribution in [3.63, 3.8) is 0 Å². The largest absolute Gasteiger partial charge is 1.00 e. The molecule has 0 saturated heterocycles. The normalized spacial score (nSPS) is 17.4. The Hall–Kier alpha value is 0.660. The zero-order chi connectivity index (χ0) is 14.8. The monoisotopic (exact) mass is 424 g/mol. The maximum Gasteiger partial charge on any atom is -1.00 e. The molecule has 1 rings (SSSR count). The van der Waals surface area contributed by atoms with Gasteiger partial charge in [0.15, 0.2) is 0 Å². The average Bonchev–Trinajstić information content (AvgIpc) is 2.57. The average molecular weight is 427 g/mol. The molecule has 119 valence electrons. The van der Waals surface area contributed by atoms with Gasteiger partial charge >= 0.3 is 134 Å². The van der Waals surface area contributed by atoms with E-state index in [9.17, 15) is 5.11 Å². The summed E-state index contributed by atoms with van der Waals surface area (Å²) < 4.78 is 1.43. The molecule has 0 radical (unpaired) electrons. The molecule has 2 N–H and O–H groups in total. The number of allylic oxidation sites excluding steroid dienone is 5. The first-order valence-electron chi connectivity index (χ1n) is 6.83. The molecule has 0 amide bonds. The van der Waals surface area contributed by atoms with Crippen molar-refractivity contribution in [2.75, 3.05) is 6.61 Å². The topological polar surface area (TPSA) is 32.3 Å². The first-order valence-corrected chi connectivity index (χ1v) is 11.3. The summed E-state index contributed by atoms with van der Waals surface area (Å²) in [6, 6.07) is 0.946. The van der Waals surface area contributed by atoms with Crippen molar-refractivity contribution >= 4 is 8.07 Å². The Labute approximate surface area is 158 Å². The van der Waals surface area contributed by atoms with Gasteiger partial charge in [-0.25, -0.2) is 0 Å². The van der Waals surface area contributed by atoms with Crippen molar-refractivity contribution in [3.05, 3.63) is 31.9 Å². The predicted octanol–water partition coefficient (Wildman–Crippen LogP) is -2.73. The van der Waals surface area contributed by atoms with Gasteiger partial charge in [-0.1, -0.05) is 0 Å². The van der Waals surface area contributed by atoms with E-state index in [-0.39, 0.29) is 30.4 Å². The third kappa shape index (κ3) is 6.74. The molecule has 0 aromatic carbocycles. The molecule has 2 nitrogen and oxygen atoms in total. The summed E-state index contributed by atoms with van der Waals surface area (Å²) in [6.07, 6.45) is 4.46. The molecule has 1 aliphatic rings. The predicted molar refractivity (Wildman–Crippen MR) is 81.1 cm³/mol. The van der Waals surface area contributed by atoms with Crippen LogP contribution in [0, 0.1) is 0 Å². The standard InChI is InChI=1S/C15H26NOSi.2ClH.Zr/c1-12(18(5,6)10-9-17)13-7-8-14(11-13)16-15(2,3)4;;;/h7-8,16-17H,9-10H2,1-6H3;2*1H;/q;;;+2/p-2. The van der Waals surface area contributed by atoms with E-state index < -0.39 is 8.07 Å². The Balaban J connectivity index is 0. The Kier molecular flexibility index (Phi) is 10.3. The number of aliphatic hydroxyl groups is 1.